The highest BCUT2D eigenvalue weighted by Crippen LogP contribution is 2.38. The number of aliphatic hydroxyl groups is 1. The summed E-state index contributed by atoms with van der Waals surface area (Å²) in [4.78, 5) is 0. The van der Waals surface area contributed by atoms with Crippen molar-refractivity contribution in [2.75, 3.05) is 0 Å². The summed E-state index contributed by atoms with van der Waals surface area (Å²) in [5.41, 5.74) is 0.775. The van der Waals surface area contributed by atoms with Gasteiger partial charge in [-0.3, -0.25) is 0 Å². The van der Waals surface area contributed by atoms with E-state index in [9.17, 15) is 5.11 Å². The molecule has 1 aromatic carbocycles. The molecule has 1 aromatic heterocycles. The molecule has 0 radical (unpaired) electrons. The Bertz CT molecular complexity index is 505. The van der Waals surface area contributed by atoms with Gasteiger partial charge in [0.25, 0.3) is 0 Å². The maximum atomic E-state index is 10.7. The summed E-state index contributed by atoms with van der Waals surface area (Å²) in [6, 6.07) is 7.72. The molecule has 2 aromatic rings. The quantitative estimate of drug-likeness (QED) is 0.833. The van der Waals surface area contributed by atoms with Gasteiger partial charge in [0.2, 0.25) is 0 Å². The first-order chi connectivity index (χ1) is 7.53. The number of hydrogen-bond acceptors (Lipinski definition) is 2. The molecule has 0 saturated heterocycles. The summed E-state index contributed by atoms with van der Waals surface area (Å²) in [5.74, 6) is 0. The lowest BCUT2D eigenvalue weighted by Gasteiger charge is -2.25. The maximum Gasteiger partial charge on any atom is 0.115 e. The van der Waals surface area contributed by atoms with E-state index in [-0.39, 0.29) is 0 Å². The van der Waals surface area contributed by atoms with E-state index in [2.05, 4.69) is 31.9 Å². The van der Waals surface area contributed by atoms with E-state index in [1.54, 1.807) is 18.3 Å². The number of thiophene rings is 1. The summed E-state index contributed by atoms with van der Waals surface area (Å²) in [5, 5.41) is 14.6. The first-order valence-corrected chi connectivity index (χ1v) is 7.26. The molecule has 0 amide bonds. The Balaban J connectivity index is 2.55. The lowest BCUT2D eigenvalue weighted by Crippen LogP contribution is -2.23. The SMILES string of the molecule is CC(O)(c1ccccc1Br)c1cscc1Br. The average Bonchev–Trinajstić information content (AvgIpc) is 2.65. The van der Waals surface area contributed by atoms with Crippen LogP contribution >= 0.6 is 43.2 Å². The van der Waals surface area contributed by atoms with Crippen LogP contribution in [-0.4, -0.2) is 5.11 Å². The highest BCUT2D eigenvalue weighted by Gasteiger charge is 2.30. The summed E-state index contributed by atoms with van der Waals surface area (Å²) in [6.45, 7) is 1.81. The Labute approximate surface area is 115 Å². The monoisotopic (exact) mass is 360 g/mol. The van der Waals surface area contributed by atoms with Crippen LogP contribution in [0.1, 0.15) is 18.1 Å². The van der Waals surface area contributed by atoms with Gasteiger partial charge < -0.3 is 5.11 Å². The standard InChI is InChI=1S/C12H10Br2OS/c1-12(15,9-6-16-7-11(9)14)8-4-2-3-5-10(8)13/h2-7,15H,1H3. The third-order valence-corrected chi connectivity index (χ3v) is 4.93. The molecule has 84 valence electrons. The van der Waals surface area contributed by atoms with Gasteiger partial charge in [-0.05, 0) is 34.3 Å². The molecule has 16 heavy (non-hydrogen) atoms. The molecular formula is C12H10Br2OS. The fraction of sp³-hybridized carbons (Fsp3) is 0.167. The van der Waals surface area contributed by atoms with Crippen molar-refractivity contribution in [3.8, 4) is 0 Å². The van der Waals surface area contributed by atoms with E-state index in [1.165, 1.54) is 0 Å². The summed E-state index contributed by atoms with van der Waals surface area (Å²) in [7, 11) is 0. The largest absolute Gasteiger partial charge is 0.381 e. The minimum Gasteiger partial charge on any atom is -0.381 e. The molecule has 0 aliphatic rings. The van der Waals surface area contributed by atoms with Gasteiger partial charge in [-0.15, -0.1) is 0 Å². The zero-order valence-corrected chi connectivity index (χ0v) is 12.6. The van der Waals surface area contributed by atoms with Gasteiger partial charge in [0.15, 0.2) is 0 Å². The van der Waals surface area contributed by atoms with E-state index in [4.69, 9.17) is 0 Å². The molecule has 4 heteroatoms. The zero-order valence-electron chi connectivity index (χ0n) is 8.58. The fourth-order valence-corrected chi connectivity index (χ4v) is 4.08. The number of hydrogen-bond donors (Lipinski definition) is 1. The third kappa shape index (κ3) is 2.12. The molecule has 1 nitrogen and oxygen atoms in total. The van der Waals surface area contributed by atoms with Crippen molar-refractivity contribution < 1.29 is 5.11 Å². The van der Waals surface area contributed by atoms with Crippen LogP contribution in [0, 0.1) is 0 Å². The smallest absolute Gasteiger partial charge is 0.115 e. The topological polar surface area (TPSA) is 20.2 Å². The van der Waals surface area contributed by atoms with Crippen LogP contribution < -0.4 is 0 Å². The van der Waals surface area contributed by atoms with Gasteiger partial charge >= 0.3 is 0 Å². The molecule has 1 unspecified atom stereocenters. The average molecular weight is 362 g/mol. The van der Waals surface area contributed by atoms with Crippen LogP contribution in [-0.2, 0) is 5.60 Å². The first kappa shape index (κ1) is 12.3. The molecule has 0 fully saturated rings. The van der Waals surface area contributed by atoms with E-state index in [1.807, 2.05) is 35.0 Å². The highest BCUT2D eigenvalue weighted by molar-refractivity contribution is 9.10. The minimum absolute atomic E-state index is 0.870. The van der Waals surface area contributed by atoms with Crippen LogP contribution in [0.4, 0.5) is 0 Å². The van der Waals surface area contributed by atoms with E-state index >= 15 is 0 Å². The van der Waals surface area contributed by atoms with Gasteiger partial charge in [-0.2, -0.15) is 11.3 Å². The Morgan fingerprint density at radius 3 is 2.31 bits per heavy atom. The minimum atomic E-state index is -0.987. The molecule has 0 saturated carbocycles. The molecule has 0 aliphatic carbocycles. The highest BCUT2D eigenvalue weighted by atomic mass is 79.9. The second-order valence-electron chi connectivity index (χ2n) is 3.69. The third-order valence-electron chi connectivity index (χ3n) is 2.54. The fourth-order valence-electron chi connectivity index (χ4n) is 1.63. The van der Waals surface area contributed by atoms with Gasteiger partial charge in [0, 0.05) is 25.5 Å². The van der Waals surface area contributed by atoms with Crippen LogP contribution in [0.25, 0.3) is 0 Å². The van der Waals surface area contributed by atoms with Crippen molar-refractivity contribution in [3.05, 3.63) is 55.1 Å². The molecule has 0 bridgehead atoms. The molecular weight excluding hydrogens is 352 g/mol. The predicted molar refractivity (Wildman–Crippen MR) is 74.8 cm³/mol. The molecule has 2 rings (SSSR count). The van der Waals surface area contributed by atoms with Gasteiger partial charge in [-0.25, -0.2) is 0 Å². The number of rotatable bonds is 2. The Kier molecular flexibility index (Phi) is 3.54. The van der Waals surface area contributed by atoms with E-state index < -0.39 is 5.60 Å². The normalized spacial score (nSPS) is 14.8. The van der Waals surface area contributed by atoms with Crippen LogP contribution in [0.2, 0.25) is 0 Å². The zero-order chi connectivity index (χ0) is 11.8. The number of benzene rings is 1. The molecule has 1 N–H and O–H groups in total. The first-order valence-electron chi connectivity index (χ1n) is 4.73. The van der Waals surface area contributed by atoms with Crippen molar-refractivity contribution in [2.45, 2.75) is 12.5 Å². The second-order valence-corrected chi connectivity index (χ2v) is 6.14. The van der Waals surface area contributed by atoms with Crippen LogP contribution in [0.15, 0.2) is 44.0 Å². The van der Waals surface area contributed by atoms with Gasteiger partial charge in [0.05, 0.1) is 0 Å². The van der Waals surface area contributed by atoms with Gasteiger partial charge in [0.1, 0.15) is 5.60 Å². The molecule has 0 aliphatic heterocycles. The number of halogens is 2. The van der Waals surface area contributed by atoms with Crippen molar-refractivity contribution in [1.82, 2.24) is 0 Å². The Morgan fingerprint density at radius 1 is 1.06 bits per heavy atom. The lowest BCUT2D eigenvalue weighted by atomic mass is 9.90. The van der Waals surface area contributed by atoms with E-state index in [0.29, 0.717) is 0 Å². The summed E-state index contributed by atoms with van der Waals surface area (Å²) in [6.07, 6.45) is 0. The molecule has 0 spiro atoms. The lowest BCUT2D eigenvalue weighted by molar-refractivity contribution is 0.101. The van der Waals surface area contributed by atoms with Crippen molar-refractivity contribution in [2.24, 2.45) is 0 Å². The van der Waals surface area contributed by atoms with E-state index in [0.717, 1.165) is 20.1 Å². The summed E-state index contributed by atoms with van der Waals surface area (Å²) >= 11 is 8.50. The van der Waals surface area contributed by atoms with Crippen molar-refractivity contribution in [3.63, 3.8) is 0 Å². The van der Waals surface area contributed by atoms with Crippen LogP contribution in [0.5, 0.6) is 0 Å². The Morgan fingerprint density at radius 2 is 1.75 bits per heavy atom. The van der Waals surface area contributed by atoms with Gasteiger partial charge in [-0.1, -0.05) is 34.1 Å². The predicted octanol–water partition coefficient (Wildman–Crippen LogP) is 4.53. The van der Waals surface area contributed by atoms with Crippen molar-refractivity contribution in [1.29, 1.82) is 0 Å². The van der Waals surface area contributed by atoms with Crippen molar-refractivity contribution >= 4 is 43.2 Å². The Hall–Kier alpha value is -0.160. The molecule has 1 heterocycles. The van der Waals surface area contributed by atoms with Crippen LogP contribution in [0.3, 0.4) is 0 Å². The maximum absolute atomic E-state index is 10.7. The summed E-state index contributed by atoms with van der Waals surface area (Å²) < 4.78 is 1.86. The second kappa shape index (κ2) is 4.61. The molecule has 1 atom stereocenters.